The van der Waals surface area contributed by atoms with Crippen LogP contribution >= 0.6 is 0 Å². The first-order valence-corrected chi connectivity index (χ1v) is 10.3. The summed E-state index contributed by atoms with van der Waals surface area (Å²) >= 11 is 0. The number of phenols is 1. The van der Waals surface area contributed by atoms with Gasteiger partial charge in [0.25, 0.3) is 0 Å². The second-order valence-electron chi connectivity index (χ2n) is 9.64. The third-order valence-electron chi connectivity index (χ3n) is 8.49. The van der Waals surface area contributed by atoms with Crippen LogP contribution < -0.4 is 14.7 Å². The zero-order valence-corrected chi connectivity index (χ0v) is 17.0. The fraction of sp³-hybridized carbons (Fsp3) is 0.565. The van der Waals surface area contributed by atoms with Crippen LogP contribution in [-0.2, 0) is 16.6 Å². The molecule has 2 spiro atoms. The van der Waals surface area contributed by atoms with Crippen LogP contribution in [0.5, 0.6) is 11.5 Å². The molecule has 0 aromatic heterocycles. The fourth-order valence-corrected chi connectivity index (χ4v) is 7.37. The number of nitrogens with one attached hydrogen (secondary N) is 1. The minimum atomic E-state index is -1.08. The van der Waals surface area contributed by atoms with Crippen molar-refractivity contribution in [3.8, 4) is 17.6 Å². The molecule has 0 radical (unpaired) electrons. The number of quaternary nitrogens is 1. The van der Waals surface area contributed by atoms with Crippen LogP contribution in [-0.4, -0.2) is 36.8 Å². The van der Waals surface area contributed by atoms with Crippen molar-refractivity contribution in [3.05, 3.63) is 35.4 Å². The lowest BCUT2D eigenvalue weighted by molar-refractivity contribution is -0.923. The second-order valence-corrected chi connectivity index (χ2v) is 9.64. The van der Waals surface area contributed by atoms with Crippen LogP contribution in [0.4, 0.5) is 0 Å². The minimum Gasteiger partial charge on any atom is -0.550 e. The highest BCUT2D eigenvalue weighted by Crippen LogP contribution is 2.74. The molecule has 4 aliphatic carbocycles. The van der Waals surface area contributed by atoms with E-state index in [-0.39, 0.29) is 34.0 Å². The van der Waals surface area contributed by atoms with Crippen LogP contribution in [0.15, 0.2) is 24.3 Å². The average Bonchev–Trinajstić information content (AvgIpc) is 3.04. The number of ether oxygens (including phenoxy) is 1. The third kappa shape index (κ3) is 1.92. The van der Waals surface area contributed by atoms with Crippen molar-refractivity contribution in [1.29, 1.82) is 5.26 Å². The molecule has 2 heterocycles. The predicted molar refractivity (Wildman–Crippen MR) is 102 cm³/mol. The summed E-state index contributed by atoms with van der Waals surface area (Å²) in [7, 11) is 2.31. The summed E-state index contributed by atoms with van der Waals surface area (Å²) in [5, 5.41) is 29.4. The first-order valence-electron chi connectivity index (χ1n) is 10.3. The molecule has 7 rings (SSSR count). The van der Waals surface area contributed by atoms with E-state index in [1.165, 1.54) is 11.1 Å². The Hall–Kier alpha value is -2.52. The molecule has 7 atom stereocenters. The number of rotatable bonds is 0. The van der Waals surface area contributed by atoms with E-state index in [9.17, 15) is 10.4 Å². The van der Waals surface area contributed by atoms with E-state index in [4.69, 9.17) is 14.6 Å². The fourth-order valence-electron chi connectivity index (χ4n) is 7.37. The second kappa shape index (κ2) is 5.54. The molecule has 6 nitrogen and oxygen atoms in total. The monoisotopic (exact) mass is 394 g/mol. The number of aliphatic carboxylic acids is 1. The molecule has 1 saturated carbocycles. The molecule has 4 bridgehead atoms. The van der Waals surface area contributed by atoms with Crippen molar-refractivity contribution >= 4 is 5.97 Å². The molecule has 2 aliphatic heterocycles. The minimum absolute atomic E-state index is 0.0236. The number of carbonyl (C=O) groups excluding carboxylic acids is 1. The Kier molecular flexibility index (Phi) is 3.54. The van der Waals surface area contributed by atoms with E-state index in [2.05, 4.69) is 38.3 Å². The lowest BCUT2D eigenvalue weighted by Gasteiger charge is -2.68. The smallest absolute Gasteiger partial charge is 0.165 e. The van der Waals surface area contributed by atoms with Crippen molar-refractivity contribution in [1.82, 2.24) is 0 Å². The van der Waals surface area contributed by atoms with E-state index in [0.717, 1.165) is 32.7 Å². The van der Waals surface area contributed by atoms with Gasteiger partial charge in [0.15, 0.2) is 11.5 Å². The van der Waals surface area contributed by atoms with Gasteiger partial charge in [-0.05, 0) is 25.0 Å². The van der Waals surface area contributed by atoms with Crippen molar-refractivity contribution in [2.24, 2.45) is 16.7 Å². The van der Waals surface area contributed by atoms with Crippen LogP contribution in [0.3, 0.4) is 0 Å². The Morgan fingerprint density at radius 3 is 2.83 bits per heavy atom. The number of carboxylic acids is 1. The Balaban J connectivity index is 0.000000419. The van der Waals surface area contributed by atoms with Gasteiger partial charge >= 0.3 is 0 Å². The quantitative estimate of drug-likeness (QED) is 0.608. The van der Waals surface area contributed by atoms with Gasteiger partial charge in [0.05, 0.1) is 36.4 Å². The van der Waals surface area contributed by atoms with Gasteiger partial charge in [0, 0.05) is 29.8 Å². The molecule has 1 saturated heterocycles. The van der Waals surface area contributed by atoms with E-state index >= 15 is 0 Å². The van der Waals surface area contributed by atoms with Crippen LogP contribution in [0.2, 0.25) is 0 Å². The zero-order chi connectivity index (χ0) is 20.8. The SMILES string of the molecule is CC(=O)[O-].C[NH+]1CC[C@]23c4c5ccc(O)c4O[C@H]2[C@@]2(C)C=C[C@@]3(C[C@H]2C#N)[C@H]1C5. The van der Waals surface area contributed by atoms with Crippen molar-refractivity contribution < 1.29 is 24.6 Å². The highest BCUT2D eigenvalue weighted by atomic mass is 16.5. The third-order valence-corrected chi connectivity index (χ3v) is 8.49. The topological polar surface area (TPSA) is 97.8 Å². The van der Waals surface area contributed by atoms with Gasteiger partial charge in [-0.3, -0.25) is 0 Å². The first-order chi connectivity index (χ1) is 13.7. The summed E-state index contributed by atoms with van der Waals surface area (Å²) in [6.45, 7) is 4.29. The Morgan fingerprint density at radius 1 is 1.41 bits per heavy atom. The van der Waals surface area contributed by atoms with Gasteiger partial charge < -0.3 is 24.6 Å². The molecule has 1 aromatic rings. The molecule has 0 amide bonds. The normalized spacial score (nSPS) is 44.1. The molecule has 2 fully saturated rings. The largest absolute Gasteiger partial charge is 0.550 e. The number of hydrogen-bond donors (Lipinski definition) is 2. The number of carbonyl (C=O) groups is 1. The molecule has 29 heavy (non-hydrogen) atoms. The lowest BCUT2D eigenvalue weighted by atomic mass is 9.35. The molecule has 6 heteroatoms. The Bertz CT molecular complexity index is 993. The molecular weight excluding hydrogens is 368 g/mol. The van der Waals surface area contributed by atoms with Crippen LogP contribution in [0, 0.1) is 28.1 Å². The van der Waals surface area contributed by atoms with Crippen molar-refractivity contribution in [3.63, 3.8) is 0 Å². The molecule has 1 aromatic carbocycles. The Labute approximate surface area is 170 Å². The van der Waals surface area contributed by atoms with Crippen molar-refractivity contribution in [2.75, 3.05) is 13.6 Å². The zero-order valence-electron chi connectivity index (χ0n) is 17.0. The predicted octanol–water partition coefficient (Wildman–Crippen LogP) is 0.0963. The number of nitrogens with zero attached hydrogens (tertiary/aromatic N) is 1. The molecule has 6 aliphatic rings. The highest BCUT2D eigenvalue weighted by molar-refractivity contribution is 5.64. The summed E-state index contributed by atoms with van der Waals surface area (Å²) in [5.74, 6) is -0.140. The number of hydrogen-bond acceptors (Lipinski definition) is 5. The number of aromatic hydroxyl groups is 1. The van der Waals surface area contributed by atoms with E-state index in [0.29, 0.717) is 11.8 Å². The highest BCUT2D eigenvalue weighted by Gasteiger charge is 2.79. The molecule has 2 N–H and O–H groups in total. The van der Waals surface area contributed by atoms with Gasteiger partial charge in [-0.1, -0.05) is 25.1 Å². The summed E-state index contributed by atoms with van der Waals surface area (Å²) in [6, 6.07) is 6.99. The van der Waals surface area contributed by atoms with E-state index < -0.39 is 5.97 Å². The lowest BCUT2D eigenvalue weighted by Crippen LogP contribution is -3.18. The maximum absolute atomic E-state index is 10.5. The van der Waals surface area contributed by atoms with E-state index in [1.807, 2.05) is 0 Å². The van der Waals surface area contributed by atoms with Gasteiger partial charge in [-0.15, -0.1) is 0 Å². The van der Waals surface area contributed by atoms with E-state index in [1.54, 1.807) is 11.0 Å². The maximum atomic E-state index is 10.5. The average molecular weight is 394 g/mol. The maximum Gasteiger partial charge on any atom is 0.165 e. The number of nitriles is 1. The molecular formula is C23H26N2O4. The number of likely N-dealkylation sites (tertiary alicyclic amines) is 1. The number of benzene rings is 1. The Morgan fingerprint density at radius 2 is 2.14 bits per heavy atom. The summed E-state index contributed by atoms with van der Waals surface area (Å²) in [5.41, 5.74) is 2.24. The van der Waals surface area contributed by atoms with Crippen LogP contribution in [0.25, 0.3) is 0 Å². The number of piperidine rings is 1. The number of phenolic OH excluding ortho intramolecular Hbond substituents is 1. The summed E-state index contributed by atoms with van der Waals surface area (Å²) in [6.07, 6.45) is 7.70. The summed E-state index contributed by atoms with van der Waals surface area (Å²) < 4.78 is 6.55. The number of carboxylic acid groups (broad SMARTS) is 1. The molecule has 152 valence electrons. The number of likely N-dealkylation sites (N-methyl/N-ethyl adjacent to an activating group) is 1. The summed E-state index contributed by atoms with van der Waals surface area (Å²) in [4.78, 5) is 10.5. The standard InChI is InChI=1S/C21H22N2O2.C2H4O2/c1-19-5-6-20(10-13(19)11-22)15-9-12-3-4-14(24)17-16(12)21(20,18(19)25-17)7-8-23(15)2;1-2(3)4/h3-6,13,15,18,24H,7-10H2,1-2H3;1H3,(H,3,4)/t13-,15+,18-,19-,20+,21-;/m0./s1. The number of fused-ring (bicyclic) bond motifs is 1. The van der Waals surface area contributed by atoms with Crippen LogP contribution in [0.1, 0.15) is 37.8 Å². The van der Waals surface area contributed by atoms with Gasteiger partial charge in [0.2, 0.25) is 0 Å². The van der Waals surface area contributed by atoms with Gasteiger partial charge in [-0.25, -0.2) is 0 Å². The van der Waals surface area contributed by atoms with Gasteiger partial charge in [0.1, 0.15) is 12.1 Å². The first kappa shape index (κ1) is 18.5. The molecule has 1 unspecified atom stereocenters. The van der Waals surface area contributed by atoms with Gasteiger partial charge in [-0.2, -0.15) is 5.26 Å². The van der Waals surface area contributed by atoms with Crippen molar-refractivity contribution in [2.45, 2.75) is 50.7 Å².